The van der Waals surface area contributed by atoms with Crippen LogP contribution in [0, 0.1) is 0 Å². The maximum atomic E-state index is 12.8. The van der Waals surface area contributed by atoms with Gasteiger partial charge in [-0.05, 0) is 35.2 Å². The van der Waals surface area contributed by atoms with Crippen molar-refractivity contribution in [3.8, 4) is 11.5 Å². The number of carbonyl (C=O) groups excluding carboxylic acids is 2. The molecule has 160 valence electrons. The van der Waals surface area contributed by atoms with Crippen molar-refractivity contribution >= 4 is 11.8 Å². The summed E-state index contributed by atoms with van der Waals surface area (Å²) < 4.78 is 15.9. The summed E-state index contributed by atoms with van der Waals surface area (Å²) in [7, 11) is 3.13. The second-order valence-corrected chi connectivity index (χ2v) is 7.13. The highest BCUT2D eigenvalue weighted by Gasteiger charge is 2.34. The Morgan fingerprint density at radius 1 is 1.07 bits per heavy atom. The Hall–Kier alpha value is -3.06. The van der Waals surface area contributed by atoms with E-state index in [2.05, 4.69) is 24.4 Å². The third-order valence-corrected chi connectivity index (χ3v) is 5.20. The van der Waals surface area contributed by atoms with Crippen LogP contribution in [0.1, 0.15) is 23.6 Å². The number of hydrogen-bond donors (Lipinski definition) is 1. The lowest BCUT2D eigenvalue weighted by atomic mass is 10.1. The summed E-state index contributed by atoms with van der Waals surface area (Å²) >= 11 is 0. The fourth-order valence-electron chi connectivity index (χ4n) is 3.40. The molecular weight excluding hydrogens is 384 g/mol. The Morgan fingerprint density at radius 3 is 2.40 bits per heavy atom. The molecular formula is C23H28N2O5. The van der Waals surface area contributed by atoms with Gasteiger partial charge in [0, 0.05) is 13.1 Å². The Bertz CT molecular complexity index is 882. The van der Waals surface area contributed by atoms with E-state index in [0.29, 0.717) is 18.0 Å². The largest absolute Gasteiger partial charge is 0.493 e. The maximum absolute atomic E-state index is 12.8. The summed E-state index contributed by atoms with van der Waals surface area (Å²) in [4.78, 5) is 26.9. The van der Waals surface area contributed by atoms with E-state index in [1.165, 1.54) is 5.56 Å². The zero-order valence-corrected chi connectivity index (χ0v) is 17.6. The Morgan fingerprint density at radius 2 is 1.73 bits per heavy atom. The molecule has 30 heavy (non-hydrogen) atoms. The molecule has 0 bridgehead atoms. The van der Waals surface area contributed by atoms with Gasteiger partial charge in [0.15, 0.2) is 11.5 Å². The smallest absolute Gasteiger partial charge is 0.249 e. The van der Waals surface area contributed by atoms with Gasteiger partial charge in [-0.3, -0.25) is 9.59 Å². The molecule has 1 aliphatic heterocycles. The molecule has 0 unspecified atom stereocenters. The highest BCUT2D eigenvalue weighted by molar-refractivity contribution is 5.89. The normalized spacial score (nSPS) is 16.3. The van der Waals surface area contributed by atoms with Crippen molar-refractivity contribution in [2.24, 2.45) is 0 Å². The zero-order chi connectivity index (χ0) is 21.5. The van der Waals surface area contributed by atoms with E-state index in [4.69, 9.17) is 14.2 Å². The third-order valence-electron chi connectivity index (χ3n) is 5.20. The third kappa shape index (κ3) is 5.10. The van der Waals surface area contributed by atoms with Crippen LogP contribution in [0.25, 0.3) is 0 Å². The molecule has 2 aromatic rings. The zero-order valence-electron chi connectivity index (χ0n) is 17.6. The average molecular weight is 412 g/mol. The Kier molecular flexibility index (Phi) is 7.30. The standard InChI is InChI=1S/C23H28N2O5/c1-4-16-5-7-17(8-6-16)12-24-23(27)19-14-30-15-22(26)25(19)13-18-9-10-20(28-2)21(11-18)29-3/h5-11,19H,4,12-15H2,1-3H3,(H,24,27)/t19-/m0/s1. The van der Waals surface area contributed by atoms with E-state index in [1.54, 1.807) is 25.2 Å². The monoisotopic (exact) mass is 412 g/mol. The number of morpholine rings is 1. The summed E-state index contributed by atoms with van der Waals surface area (Å²) in [5, 5.41) is 2.93. The minimum atomic E-state index is -0.686. The van der Waals surface area contributed by atoms with Crippen LogP contribution in [0.15, 0.2) is 42.5 Å². The van der Waals surface area contributed by atoms with Crippen molar-refractivity contribution in [1.82, 2.24) is 10.2 Å². The first kappa shape index (κ1) is 21.6. The topological polar surface area (TPSA) is 77.1 Å². The molecule has 1 aliphatic rings. The van der Waals surface area contributed by atoms with Gasteiger partial charge < -0.3 is 24.4 Å². The number of nitrogens with zero attached hydrogens (tertiary/aromatic N) is 1. The second kappa shape index (κ2) is 10.1. The van der Waals surface area contributed by atoms with Crippen molar-refractivity contribution in [2.75, 3.05) is 27.4 Å². The molecule has 7 heteroatoms. The molecule has 2 aromatic carbocycles. The van der Waals surface area contributed by atoms with Crippen LogP contribution in [0.2, 0.25) is 0 Å². The minimum absolute atomic E-state index is 0.0322. The highest BCUT2D eigenvalue weighted by atomic mass is 16.5. The molecule has 3 rings (SSSR count). The van der Waals surface area contributed by atoms with Gasteiger partial charge in [0.25, 0.3) is 0 Å². The Balaban J connectivity index is 1.69. The van der Waals surface area contributed by atoms with E-state index in [9.17, 15) is 9.59 Å². The van der Waals surface area contributed by atoms with E-state index >= 15 is 0 Å². The molecule has 1 N–H and O–H groups in total. The van der Waals surface area contributed by atoms with Crippen molar-refractivity contribution in [3.05, 3.63) is 59.2 Å². The summed E-state index contributed by atoms with van der Waals surface area (Å²) in [6.07, 6.45) is 0.971. The number of benzene rings is 2. The SMILES string of the molecule is CCc1ccc(CNC(=O)[C@@H]2COCC(=O)N2Cc2ccc(OC)c(OC)c2)cc1. The van der Waals surface area contributed by atoms with Gasteiger partial charge in [-0.15, -0.1) is 0 Å². The maximum Gasteiger partial charge on any atom is 0.249 e. The molecule has 7 nitrogen and oxygen atoms in total. The lowest BCUT2D eigenvalue weighted by Crippen LogP contribution is -2.55. The highest BCUT2D eigenvalue weighted by Crippen LogP contribution is 2.28. The van der Waals surface area contributed by atoms with Crippen molar-refractivity contribution in [1.29, 1.82) is 0 Å². The Labute approximate surface area is 176 Å². The molecule has 1 atom stereocenters. The van der Waals surface area contributed by atoms with Gasteiger partial charge in [-0.25, -0.2) is 0 Å². The van der Waals surface area contributed by atoms with E-state index in [-0.39, 0.29) is 31.6 Å². The number of ether oxygens (including phenoxy) is 3. The number of hydrogen-bond acceptors (Lipinski definition) is 5. The van der Waals surface area contributed by atoms with Crippen LogP contribution >= 0.6 is 0 Å². The number of carbonyl (C=O) groups is 2. The minimum Gasteiger partial charge on any atom is -0.493 e. The summed E-state index contributed by atoms with van der Waals surface area (Å²) in [5.74, 6) is 0.733. The first-order valence-electron chi connectivity index (χ1n) is 9.99. The predicted octanol–water partition coefficient (Wildman–Crippen LogP) is 2.31. The molecule has 0 saturated carbocycles. The van der Waals surface area contributed by atoms with Gasteiger partial charge in [-0.2, -0.15) is 0 Å². The van der Waals surface area contributed by atoms with Crippen molar-refractivity contribution < 1.29 is 23.8 Å². The summed E-state index contributed by atoms with van der Waals surface area (Å²) in [5.41, 5.74) is 3.10. The van der Waals surface area contributed by atoms with Crippen LogP contribution in [0.5, 0.6) is 11.5 Å². The average Bonchev–Trinajstić information content (AvgIpc) is 2.79. The second-order valence-electron chi connectivity index (χ2n) is 7.13. The van der Waals surface area contributed by atoms with Crippen molar-refractivity contribution in [2.45, 2.75) is 32.5 Å². The molecule has 1 heterocycles. The number of nitrogens with one attached hydrogen (secondary N) is 1. The van der Waals surface area contributed by atoms with Crippen LogP contribution in [0.4, 0.5) is 0 Å². The fourth-order valence-corrected chi connectivity index (χ4v) is 3.40. The summed E-state index contributed by atoms with van der Waals surface area (Å²) in [6.45, 7) is 2.92. The van der Waals surface area contributed by atoms with Crippen LogP contribution in [-0.4, -0.2) is 50.2 Å². The molecule has 1 saturated heterocycles. The predicted molar refractivity (Wildman–Crippen MR) is 112 cm³/mol. The van der Waals surface area contributed by atoms with Crippen LogP contribution < -0.4 is 14.8 Å². The number of methoxy groups -OCH3 is 2. The van der Waals surface area contributed by atoms with Crippen LogP contribution in [-0.2, 0) is 33.8 Å². The first-order valence-corrected chi connectivity index (χ1v) is 9.99. The quantitative estimate of drug-likeness (QED) is 0.720. The van der Waals surface area contributed by atoms with Gasteiger partial charge >= 0.3 is 0 Å². The fraction of sp³-hybridized carbons (Fsp3) is 0.391. The van der Waals surface area contributed by atoms with E-state index in [1.807, 2.05) is 24.3 Å². The van der Waals surface area contributed by atoms with Gasteiger partial charge in [0.05, 0.1) is 20.8 Å². The lowest BCUT2D eigenvalue weighted by Gasteiger charge is -2.34. The lowest BCUT2D eigenvalue weighted by molar-refractivity contribution is -0.155. The number of amides is 2. The van der Waals surface area contributed by atoms with Gasteiger partial charge in [-0.1, -0.05) is 37.3 Å². The van der Waals surface area contributed by atoms with Gasteiger partial charge in [0.1, 0.15) is 12.6 Å². The number of aryl methyl sites for hydroxylation is 1. The molecule has 0 aliphatic carbocycles. The van der Waals surface area contributed by atoms with E-state index < -0.39 is 6.04 Å². The molecule has 1 fully saturated rings. The van der Waals surface area contributed by atoms with E-state index in [0.717, 1.165) is 17.5 Å². The van der Waals surface area contributed by atoms with Gasteiger partial charge in [0.2, 0.25) is 11.8 Å². The first-order chi connectivity index (χ1) is 14.5. The molecule has 0 spiro atoms. The van der Waals surface area contributed by atoms with Crippen molar-refractivity contribution in [3.63, 3.8) is 0 Å². The van der Waals surface area contributed by atoms with Crippen LogP contribution in [0.3, 0.4) is 0 Å². The summed E-state index contributed by atoms with van der Waals surface area (Å²) in [6, 6.07) is 12.9. The molecule has 0 aromatic heterocycles. The molecule has 2 amide bonds. The molecule has 0 radical (unpaired) electrons. The number of rotatable bonds is 8.